The Labute approximate surface area is 211 Å². The summed E-state index contributed by atoms with van der Waals surface area (Å²) >= 11 is 0. The summed E-state index contributed by atoms with van der Waals surface area (Å²) in [6.45, 7) is 4.08. The highest BCUT2D eigenvalue weighted by molar-refractivity contribution is 5.93. The largest absolute Gasteiger partial charge is 0.497 e. The number of nitrogens with one attached hydrogen (secondary N) is 1. The van der Waals surface area contributed by atoms with E-state index in [1.165, 1.54) is 13.2 Å². The van der Waals surface area contributed by atoms with Crippen molar-refractivity contribution >= 4 is 17.4 Å². The Kier molecular flexibility index (Phi) is 5.82. The Morgan fingerprint density at radius 3 is 2.61 bits per heavy atom. The van der Waals surface area contributed by atoms with E-state index in [-0.39, 0.29) is 23.8 Å². The molecule has 2 aromatic rings. The fourth-order valence-electron chi connectivity index (χ4n) is 7.54. The van der Waals surface area contributed by atoms with Gasteiger partial charge < -0.3 is 25.0 Å². The van der Waals surface area contributed by atoms with Crippen molar-refractivity contribution in [3.8, 4) is 5.75 Å². The number of hydrogen-bond donors (Lipinski definition) is 2. The Morgan fingerprint density at radius 1 is 1.17 bits per heavy atom. The van der Waals surface area contributed by atoms with Crippen molar-refractivity contribution in [2.75, 3.05) is 36.5 Å². The highest BCUT2D eigenvalue weighted by Gasteiger charge is 2.55. The van der Waals surface area contributed by atoms with Gasteiger partial charge in [0.05, 0.1) is 18.4 Å². The molecular formula is C28H35FN4O3. The lowest BCUT2D eigenvalue weighted by Gasteiger charge is -2.58. The molecule has 2 unspecified atom stereocenters. The molecule has 4 bridgehead atoms. The van der Waals surface area contributed by atoms with Crippen molar-refractivity contribution in [2.24, 2.45) is 17.8 Å². The molecule has 0 radical (unpaired) electrons. The topological polar surface area (TPSA) is 77.9 Å². The Balaban J connectivity index is 1.13. The Hall–Kier alpha value is -2.87. The van der Waals surface area contributed by atoms with Crippen LogP contribution in [0.3, 0.4) is 0 Å². The fourth-order valence-corrected chi connectivity index (χ4v) is 7.54. The summed E-state index contributed by atoms with van der Waals surface area (Å²) < 4.78 is 19.8. The van der Waals surface area contributed by atoms with Gasteiger partial charge in [-0.1, -0.05) is 6.07 Å². The van der Waals surface area contributed by atoms with Crippen LogP contribution < -0.4 is 19.9 Å². The lowest BCUT2D eigenvalue weighted by atomic mass is 9.52. The van der Waals surface area contributed by atoms with Crippen LogP contribution in [0.25, 0.3) is 0 Å². The molecule has 192 valence electrons. The van der Waals surface area contributed by atoms with E-state index in [0.717, 1.165) is 37.9 Å². The summed E-state index contributed by atoms with van der Waals surface area (Å²) in [5.74, 6) is 2.18. The summed E-state index contributed by atoms with van der Waals surface area (Å²) in [6.07, 6.45) is 4.74. The molecule has 0 spiro atoms. The maximum Gasteiger partial charge on any atom is 0.270 e. The Morgan fingerprint density at radius 2 is 1.94 bits per heavy atom. The summed E-state index contributed by atoms with van der Waals surface area (Å²) in [4.78, 5) is 22.2. The molecule has 1 saturated heterocycles. The lowest BCUT2D eigenvalue weighted by Crippen LogP contribution is -2.61. The number of rotatable bonds is 5. The molecule has 8 heteroatoms. The van der Waals surface area contributed by atoms with Gasteiger partial charge in [-0.25, -0.2) is 9.37 Å². The van der Waals surface area contributed by atoms with Gasteiger partial charge in [0.25, 0.3) is 5.91 Å². The normalized spacial score (nSPS) is 33.1. The number of halogens is 1. The zero-order valence-electron chi connectivity index (χ0n) is 21.0. The zero-order chi connectivity index (χ0) is 25.0. The number of aromatic nitrogens is 1. The summed E-state index contributed by atoms with van der Waals surface area (Å²) in [5, 5.41) is 14.1. The van der Waals surface area contributed by atoms with Crippen LogP contribution in [0.4, 0.5) is 15.9 Å². The number of carbonyl (C=O) groups excluding carboxylic acids is 1. The number of piperazine rings is 1. The maximum absolute atomic E-state index is 14.6. The number of pyridine rings is 1. The average molecular weight is 495 g/mol. The molecule has 7 rings (SSSR count). The standard InChI is InChI=1S/C28H35FN4O3/c1-17-16-32(24-7-6-21(36-2)12-22(24)29)8-9-33(17)25-5-3-4-23(30-25)27(34)31-26-19-10-18-11-20(26)15-28(35,13-18)14-19/h3-7,12,17-20,26,35H,8-11,13-16H2,1-2H3,(H,31,34)/t17-,18?,19?,20?,26-,28-/m1/s1. The van der Waals surface area contributed by atoms with E-state index in [1.807, 2.05) is 17.0 Å². The van der Waals surface area contributed by atoms with Crippen molar-refractivity contribution in [3.05, 3.63) is 47.9 Å². The van der Waals surface area contributed by atoms with Gasteiger partial charge in [-0.05, 0) is 81.0 Å². The number of anilines is 2. The van der Waals surface area contributed by atoms with E-state index in [1.54, 1.807) is 18.2 Å². The molecule has 7 nitrogen and oxygen atoms in total. The predicted octanol–water partition coefficient (Wildman–Crippen LogP) is 3.61. The van der Waals surface area contributed by atoms with Crippen LogP contribution in [-0.4, -0.2) is 60.4 Å². The SMILES string of the molecule is COc1ccc(N2CCN(c3cccc(C(=O)N[C@H]4C5CC6CC4C[C@](O)(C6)C5)n3)[C@H](C)C2)c(F)c1. The number of aliphatic hydroxyl groups is 1. The van der Waals surface area contributed by atoms with Crippen molar-refractivity contribution < 1.29 is 19.0 Å². The number of carbonyl (C=O) groups is 1. The third kappa shape index (κ3) is 4.19. The van der Waals surface area contributed by atoms with Crippen molar-refractivity contribution in [1.29, 1.82) is 0 Å². The van der Waals surface area contributed by atoms with Crippen LogP contribution in [0.1, 0.15) is 49.5 Å². The predicted molar refractivity (Wildman–Crippen MR) is 136 cm³/mol. The first kappa shape index (κ1) is 23.5. The van der Waals surface area contributed by atoms with Gasteiger partial charge in [0.1, 0.15) is 23.1 Å². The number of amides is 1. The quantitative estimate of drug-likeness (QED) is 0.661. The Bertz CT molecular complexity index is 1140. The van der Waals surface area contributed by atoms with Gasteiger partial charge in [0.2, 0.25) is 0 Å². The fraction of sp³-hybridized carbons (Fsp3) is 0.571. The molecule has 36 heavy (non-hydrogen) atoms. The molecule has 5 fully saturated rings. The van der Waals surface area contributed by atoms with Crippen LogP contribution in [-0.2, 0) is 0 Å². The van der Waals surface area contributed by atoms with E-state index < -0.39 is 5.60 Å². The van der Waals surface area contributed by atoms with Gasteiger partial charge in [-0.3, -0.25) is 4.79 Å². The molecule has 4 aliphatic carbocycles. The molecule has 5 aliphatic rings. The van der Waals surface area contributed by atoms with Crippen LogP contribution in [0, 0.1) is 23.6 Å². The van der Waals surface area contributed by atoms with Crippen LogP contribution in [0.2, 0.25) is 0 Å². The molecule has 1 amide bonds. The first-order valence-corrected chi connectivity index (χ1v) is 13.2. The molecule has 2 N–H and O–H groups in total. The van der Waals surface area contributed by atoms with Gasteiger partial charge in [0.15, 0.2) is 0 Å². The van der Waals surface area contributed by atoms with E-state index in [4.69, 9.17) is 9.72 Å². The van der Waals surface area contributed by atoms with Gasteiger partial charge in [-0.2, -0.15) is 0 Å². The van der Waals surface area contributed by atoms with E-state index in [2.05, 4.69) is 17.1 Å². The van der Waals surface area contributed by atoms with E-state index >= 15 is 0 Å². The average Bonchev–Trinajstić information content (AvgIpc) is 2.85. The summed E-state index contributed by atoms with van der Waals surface area (Å²) in [6, 6.07) is 10.8. The number of benzene rings is 1. The monoisotopic (exact) mass is 494 g/mol. The van der Waals surface area contributed by atoms with Gasteiger partial charge in [0, 0.05) is 37.8 Å². The van der Waals surface area contributed by atoms with E-state index in [0.29, 0.717) is 54.5 Å². The molecule has 1 aromatic heterocycles. The third-order valence-corrected chi connectivity index (χ3v) is 8.92. The molecule has 2 heterocycles. The van der Waals surface area contributed by atoms with Crippen LogP contribution in [0.5, 0.6) is 5.75 Å². The number of nitrogens with zero attached hydrogens (tertiary/aromatic N) is 3. The minimum Gasteiger partial charge on any atom is -0.497 e. The zero-order valence-corrected chi connectivity index (χ0v) is 21.0. The number of ether oxygens (including phenoxy) is 1. The minimum atomic E-state index is -0.511. The van der Waals surface area contributed by atoms with Gasteiger partial charge >= 0.3 is 0 Å². The third-order valence-electron chi connectivity index (χ3n) is 8.92. The highest BCUT2D eigenvalue weighted by Crippen LogP contribution is 2.55. The second-order valence-electron chi connectivity index (χ2n) is 11.4. The summed E-state index contributed by atoms with van der Waals surface area (Å²) in [7, 11) is 1.53. The van der Waals surface area contributed by atoms with Crippen molar-refractivity contribution in [3.63, 3.8) is 0 Å². The molecule has 1 aromatic carbocycles. The first-order valence-electron chi connectivity index (χ1n) is 13.2. The number of methoxy groups -OCH3 is 1. The highest BCUT2D eigenvalue weighted by atomic mass is 19.1. The molecule has 1 aliphatic heterocycles. The number of hydrogen-bond acceptors (Lipinski definition) is 6. The molecule has 3 atom stereocenters. The molecule has 4 saturated carbocycles. The smallest absolute Gasteiger partial charge is 0.270 e. The van der Waals surface area contributed by atoms with Crippen LogP contribution in [0.15, 0.2) is 36.4 Å². The van der Waals surface area contributed by atoms with Crippen molar-refractivity contribution in [2.45, 2.75) is 56.7 Å². The van der Waals surface area contributed by atoms with Gasteiger partial charge in [-0.15, -0.1) is 0 Å². The molecular weight excluding hydrogens is 459 g/mol. The van der Waals surface area contributed by atoms with E-state index in [9.17, 15) is 14.3 Å². The minimum absolute atomic E-state index is 0.0937. The maximum atomic E-state index is 14.6. The lowest BCUT2D eigenvalue weighted by molar-refractivity contribution is -0.136. The van der Waals surface area contributed by atoms with Crippen molar-refractivity contribution in [1.82, 2.24) is 10.3 Å². The second kappa shape index (κ2) is 8.91. The van der Waals surface area contributed by atoms with Crippen LogP contribution >= 0.6 is 0 Å². The second-order valence-corrected chi connectivity index (χ2v) is 11.4. The first-order chi connectivity index (χ1) is 17.3. The summed E-state index contributed by atoms with van der Waals surface area (Å²) in [5.41, 5.74) is 0.489.